The van der Waals surface area contributed by atoms with E-state index in [9.17, 15) is 4.79 Å². The molecule has 3 aromatic rings. The molecule has 3 heterocycles. The van der Waals surface area contributed by atoms with E-state index in [-0.39, 0.29) is 11.4 Å². The Balaban J connectivity index is 1.74. The number of hydrogen-bond donors (Lipinski definition) is 1. The summed E-state index contributed by atoms with van der Waals surface area (Å²) in [6.45, 7) is 10.4. The minimum atomic E-state index is -0.236. The second-order valence-electron chi connectivity index (χ2n) is 8.64. The summed E-state index contributed by atoms with van der Waals surface area (Å²) in [5.41, 5.74) is 2.07. The summed E-state index contributed by atoms with van der Waals surface area (Å²) in [5, 5.41) is 13.9. The van der Waals surface area contributed by atoms with Crippen molar-refractivity contribution in [2.24, 2.45) is 5.92 Å². The molecular weight excluding hydrogens is 390 g/mol. The first-order valence-corrected chi connectivity index (χ1v) is 11.7. The van der Waals surface area contributed by atoms with Gasteiger partial charge in [0.2, 0.25) is 5.91 Å². The van der Waals surface area contributed by atoms with Crippen molar-refractivity contribution in [3.05, 3.63) is 16.3 Å². The monoisotopic (exact) mass is 417 g/mol. The van der Waals surface area contributed by atoms with Gasteiger partial charge in [-0.15, -0.1) is 21.5 Å². The largest absolute Gasteiger partial charge is 0.351 e. The van der Waals surface area contributed by atoms with E-state index < -0.39 is 0 Å². The summed E-state index contributed by atoms with van der Waals surface area (Å²) in [7, 11) is 0. The average molecular weight is 418 g/mol. The van der Waals surface area contributed by atoms with Crippen LogP contribution in [0.5, 0.6) is 0 Å². The maximum Gasteiger partial charge on any atom is 0.230 e. The second kappa shape index (κ2) is 7.30. The van der Waals surface area contributed by atoms with Gasteiger partial charge in [-0.25, -0.2) is 4.98 Å². The van der Waals surface area contributed by atoms with Gasteiger partial charge in [-0.2, -0.15) is 0 Å². The van der Waals surface area contributed by atoms with Crippen LogP contribution < -0.4 is 5.32 Å². The highest BCUT2D eigenvalue weighted by Crippen LogP contribution is 2.39. The minimum absolute atomic E-state index is 0.00300. The summed E-state index contributed by atoms with van der Waals surface area (Å²) in [4.78, 5) is 19.7. The lowest BCUT2D eigenvalue weighted by Gasteiger charge is -2.20. The highest BCUT2D eigenvalue weighted by atomic mass is 32.2. The third-order valence-corrected chi connectivity index (χ3v) is 7.08. The van der Waals surface area contributed by atoms with E-state index in [2.05, 4.69) is 33.8 Å². The molecule has 0 saturated heterocycles. The van der Waals surface area contributed by atoms with Crippen molar-refractivity contribution >= 4 is 44.9 Å². The van der Waals surface area contributed by atoms with Crippen LogP contribution in [0.1, 0.15) is 57.3 Å². The van der Waals surface area contributed by atoms with Crippen molar-refractivity contribution in [2.45, 2.75) is 71.0 Å². The molecule has 0 radical (unpaired) electrons. The highest BCUT2D eigenvalue weighted by Gasteiger charge is 2.25. The van der Waals surface area contributed by atoms with E-state index >= 15 is 0 Å². The maximum absolute atomic E-state index is 12.2. The Labute approximate surface area is 173 Å². The third kappa shape index (κ3) is 3.64. The highest BCUT2D eigenvalue weighted by molar-refractivity contribution is 7.99. The number of fused-ring (bicyclic) bond motifs is 5. The van der Waals surface area contributed by atoms with Gasteiger partial charge in [0.25, 0.3) is 0 Å². The molecule has 1 atom stereocenters. The van der Waals surface area contributed by atoms with Gasteiger partial charge in [0.15, 0.2) is 10.8 Å². The first-order valence-electron chi connectivity index (χ1n) is 9.89. The molecule has 0 aromatic carbocycles. The normalized spacial score (nSPS) is 17.2. The Bertz CT molecular complexity index is 1050. The molecule has 1 N–H and O–H groups in total. The molecule has 1 aliphatic carbocycles. The number of thioether (sulfide) groups is 1. The molecule has 0 aliphatic heterocycles. The van der Waals surface area contributed by atoms with Crippen LogP contribution in [0.25, 0.3) is 15.9 Å². The van der Waals surface area contributed by atoms with Crippen LogP contribution in [0.4, 0.5) is 0 Å². The van der Waals surface area contributed by atoms with Crippen molar-refractivity contribution in [3.63, 3.8) is 0 Å². The molecule has 150 valence electrons. The molecule has 8 heteroatoms. The lowest BCUT2D eigenvalue weighted by molar-refractivity contribution is -0.119. The van der Waals surface area contributed by atoms with E-state index in [1.807, 2.05) is 32.1 Å². The number of carbonyl (C=O) groups excluding carboxylic acids is 1. The number of rotatable bonds is 4. The third-order valence-electron chi connectivity index (χ3n) is 5.00. The lowest BCUT2D eigenvalue weighted by Crippen LogP contribution is -2.41. The number of carbonyl (C=O) groups is 1. The molecule has 1 amide bonds. The summed E-state index contributed by atoms with van der Waals surface area (Å²) >= 11 is 3.24. The van der Waals surface area contributed by atoms with E-state index in [1.54, 1.807) is 0 Å². The van der Waals surface area contributed by atoms with Crippen molar-refractivity contribution in [3.8, 4) is 0 Å². The van der Waals surface area contributed by atoms with Crippen molar-refractivity contribution < 1.29 is 4.79 Å². The zero-order valence-electron chi connectivity index (χ0n) is 17.1. The Hall–Kier alpha value is -1.67. The summed E-state index contributed by atoms with van der Waals surface area (Å²) in [5.74, 6) is 2.01. The average Bonchev–Trinajstić information content (AvgIpc) is 3.17. The van der Waals surface area contributed by atoms with Crippen LogP contribution in [0.2, 0.25) is 0 Å². The smallest absolute Gasteiger partial charge is 0.230 e. The molecule has 0 fully saturated rings. The molecule has 1 unspecified atom stereocenters. The number of aryl methyl sites for hydroxylation is 2. The van der Waals surface area contributed by atoms with Crippen LogP contribution in [0, 0.1) is 5.92 Å². The standard InChI is InChI=1S/C20H27N5OS2/c1-6-14-21-18-16(12-8-7-11(2)9-13(12)28-18)17-23-24-19(25(14)17)27-10-15(26)22-20(3,4)5/h11H,6-10H2,1-5H3,(H,22,26). The number of thiophene rings is 1. The molecule has 0 saturated carbocycles. The van der Waals surface area contributed by atoms with Crippen molar-refractivity contribution in [1.29, 1.82) is 0 Å². The van der Waals surface area contributed by atoms with Gasteiger partial charge in [0.05, 0.1) is 11.1 Å². The number of amides is 1. The van der Waals surface area contributed by atoms with Crippen LogP contribution in [-0.4, -0.2) is 36.8 Å². The topological polar surface area (TPSA) is 72.2 Å². The number of nitrogens with one attached hydrogen (secondary N) is 1. The van der Waals surface area contributed by atoms with Gasteiger partial charge in [0, 0.05) is 16.8 Å². The Kier molecular flexibility index (Phi) is 5.12. The molecule has 1 aliphatic rings. The fraction of sp³-hybridized carbons (Fsp3) is 0.600. The van der Waals surface area contributed by atoms with Gasteiger partial charge in [-0.1, -0.05) is 25.6 Å². The first-order chi connectivity index (χ1) is 13.3. The minimum Gasteiger partial charge on any atom is -0.351 e. The van der Waals surface area contributed by atoms with Gasteiger partial charge in [-0.3, -0.25) is 9.20 Å². The molecular formula is C20H27N5OS2. The SMILES string of the molecule is CCc1nc2sc3c(c2c2nnc(SCC(=O)NC(C)(C)C)n12)CCC(C)C3. The van der Waals surface area contributed by atoms with Crippen molar-refractivity contribution in [1.82, 2.24) is 24.9 Å². The van der Waals surface area contributed by atoms with Crippen LogP contribution >= 0.6 is 23.1 Å². The van der Waals surface area contributed by atoms with Crippen LogP contribution in [0.3, 0.4) is 0 Å². The lowest BCUT2D eigenvalue weighted by atomic mass is 9.89. The second-order valence-corrected chi connectivity index (χ2v) is 10.7. The molecule has 4 rings (SSSR count). The van der Waals surface area contributed by atoms with Crippen LogP contribution in [0.15, 0.2) is 5.16 Å². The fourth-order valence-electron chi connectivity index (χ4n) is 3.79. The van der Waals surface area contributed by atoms with E-state index in [0.717, 1.165) is 46.6 Å². The van der Waals surface area contributed by atoms with Gasteiger partial charge < -0.3 is 5.32 Å². The molecule has 28 heavy (non-hydrogen) atoms. The zero-order valence-corrected chi connectivity index (χ0v) is 18.8. The number of nitrogens with zero attached hydrogens (tertiary/aromatic N) is 4. The summed E-state index contributed by atoms with van der Waals surface area (Å²) < 4.78 is 2.06. The Morgan fingerprint density at radius 1 is 1.36 bits per heavy atom. The molecule has 0 bridgehead atoms. The quantitative estimate of drug-likeness (QED) is 0.649. The predicted molar refractivity (Wildman–Crippen MR) is 115 cm³/mol. The molecule has 6 nitrogen and oxygen atoms in total. The van der Waals surface area contributed by atoms with E-state index in [0.29, 0.717) is 5.75 Å². The number of hydrogen-bond acceptors (Lipinski definition) is 6. The predicted octanol–water partition coefficient (Wildman–Crippen LogP) is 4.03. The van der Waals surface area contributed by atoms with Gasteiger partial charge in [-0.05, 0) is 51.5 Å². The zero-order chi connectivity index (χ0) is 20.1. The number of aromatic nitrogens is 4. The molecule has 0 spiro atoms. The van der Waals surface area contributed by atoms with Crippen molar-refractivity contribution in [2.75, 3.05) is 5.75 Å². The molecule has 3 aromatic heterocycles. The first kappa shape index (κ1) is 19.6. The Morgan fingerprint density at radius 3 is 2.86 bits per heavy atom. The summed E-state index contributed by atoms with van der Waals surface area (Å²) in [6.07, 6.45) is 4.23. The van der Waals surface area contributed by atoms with Gasteiger partial charge in [0.1, 0.15) is 10.7 Å². The summed E-state index contributed by atoms with van der Waals surface area (Å²) in [6, 6.07) is 0. The Morgan fingerprint density at radius 2 is 2.14 bits per heavy atom. The van der Waals surface area contributed by atoms with E-state index in [1.165, 1.54) is 34.0 Å². The fourth-order valence-corrected chi connectivity index (χ4v) is 5.94. The maximum atomic E-state index is 12.2. The van der Waals surface area contributed by atoms with E-state index in [4.69, 9.17) is 4.98 Å². The van der Waals surface area contributed by atoms with Gasteiger partial charge >= 0.3 is 0 Å². The van der Waals surface area contributed by atoms with Crippen LogP contribution in [-0.2, 0) is 24.1 Å².